The van der Waals surface area contributed by atoms with Crippen molar-refractivity contribution < 1.29 is 18.0 Å². The molecule has 0 atom stereocenters. The van der Waals surface area contributed by atoms with Crippen molar-refractivity contribution in [2.75, 3.05) is 5.32 Å². The van der Waals surface area contributed by atoms with Crippen molar-refractivity contribution in [3.8, 4) is 17.3 Å². The maximum atomic E-state index is 14.0. The number of rotatable bonds is 6. The van der Waals surface area contributed by atoms with Crippen LogP contribution in [0.5, 0.6) is 0 Å². The lowest BCUT2D eigenvalue weighted by atomic mass is 9.92. The van der Waals surface area contributed by atoms with E-state index in [9.17, 15) is 13.6 Å². The van der Waals surface area contributed by atoms with Gasteiger partial charge < -0.3 is 9.73 Å². The molecule has 0 aliphatic heterocycles. The largest absolute Gasteiger partial charge is 0.441 e. The number of carbonyl (C=O) groups excluding carboxylic acids is 1. The Morgan fingerprint density at radius 1 is 1.12 bits per heavy atom. The van der Waals surface area contributed by atoms with Gasteiger partial charge >= 0.3 is 0 Å². The van der Waals surface area contributed by atoms with Gasteiger partial charge in [0.15, 0.2) is 11.7 Å². The lowest BCUT2D eigenvalue weighted by Gasteiger charge is -2.13. The van der Waals surface area contributed by atoms with Crippen molar-refractivity contribution in [3.63, 3.8) is 0 Å². The molecule has 0 saturated carbocycles. The normalized spacial score (nSPS) is 11.5. The predicted molar refractivity (Wildman–Crippen MR) is 117 cm³/mol. The molecule has 4 aromatic rings. The number of nitrogens with zero attached hydrogens (tertiary/aromatic N) is 5. The number of amides is 1. The summed E-state index contributed by atoms with van der Waals surface area (Å²) >= 11 is 0. The summed E-state index contributed by atoms with van der Waals surface area (Å²) < 4.78 is 34.1. The first-order valence-electron chi connectivity index (χ1n) is 10.3. The Morgan fingerprint density at radius 3 is 2.58 bits per heavy atom. The van der Waals surface area contributed by atoms with Gasteiger partial charge in [0, 0.05) is 42.8 Å². The van der Waals surface area contributed by atoms with Crippen LogP contribution < -0.4 is 5.32 Å². The van der Waals surface area contributed by atoms with Crippen molar-refractivity contribution >= 4 is 11.7 Å². The second-order valence-electron chi connectivity index (χ2n) is 8.42. The third kappa shape index (κ3) is 5.11. The van der Waals surface area contributed by atoms with Gasteiger partial charge in [-0.15, -0.1) is 0 Å². The van der Waals surface area contributed by atoms with Crippen molar-refractivity contribution in [1.29, 1.82) is 0 Å². The molecule has 10 heteroatoms. The van der Waals surface area contributed by atoms with Gasteiger partial charge in [0.2, 0.25) is 5.91 Å². The predicted octanol–water partition coefficient (Wildman–Crippen LogP) is 4.46. The average Bonchev–Trinajstić information content (AvgIpc) is 3.40. The van der Waals surface area contributed by atoms with Gasteiger partial charge in [0.1, 0.15) is 17.5 Å². The summed E-state index contributed by atoms with van der Waals surface area (Å²) in [6.07, 6.45) is 4.79. The highest BCUT2D eigenvalue weighted by molar-refractivity contribution is 5.90. The molecular weight excluding hydrogens is 430 g/mol. The number of anilines is 1. The average molecular weight is 452 g/mol. The topological polar surface area (TPSA) is 98.7 Å². The summed E-state index contributed by atoms with van der Waals surface area (Å²) in [6.45, 7) is 6.05. The number of nitrogens with one attached hydrogen (secondary N) is 1. The SMILES string of the molecule is CC(C)(C)c1cc(NC(=O)CCc2ncc(-c3ccc(F)cc3F)o2)n(-c2ncccn2)n1. The van der Waals surface area contributed by atoms with Gasteiger partial charge in [-0.05, 0) is 18.2 Å². The summed E-state index contributed by atoms with van der Waals surface area (Å²) in [7, 11) is 0. The Morgan fingerprint density at radius 2 is 1.88 bits per heavy atom. The van der Waals surface area contributed by atoms with E-state index in [-0.39, 0.29) is 41.4 Å². The van der Waals surface area contributed by atoms with E-state index in [2.05, 4.69) is 25.4 Å². The maximum Gasteiger partial charge on any atom is 0.252 e. The molecule has 0 fully saturated rings. The lowest BCUT2D eigenvalue weighted by molar-refractivity contribution is -0.116. The smallest absolute Gasteiger partial charge is 0.252 e. The number of hydrogen-bond acceptors (Lipinski definition) is 6. The third-order valence-electron chi connectivity index (χ3n) is 4.80. The molecule has 1 N–H and O–H groups in total. The number of aryl methyl sites for hydroxylation is 1. The summed E-state index contributed by atoms with van der Waals surface area (Å²) in [5.41, 5.74) is 0.619. The Hall–Kier alpha value is -3.95. The number of oxazole rings is 1. The van der Waals surface area contributed by atoms with Gasteiger partial charge in [0.05, 0.1) is 17.5 Å². The number of carbonyl (C=O) groups is 1. The van der Waals surface area contributed by atoms with Crippen molar-refractivity contribution in [2.45, 2.75) is 39.0 Å². The molecule has 0 saturated heterocycles. The third-order valence-corrected chi connectivity index (χ3v) is 4.80. The molecule has 3 heterocycles. The van der Waals surface area contributed by atoms with E-state index in [4.69, 9.17) is 4.42 Å². The van der Waals surface area contributed by atoms with Gasteiger partial charge in [-0.1, -0.05) is 20.8 Å². The molecular formula is C23H22F2N6O2. The van der Waals surface area contributed by atoms with Gasteiger partial charge in [0.25, 0.3) is 5.95 Å². The number of hydrogen-bond donors (Lipinski definition) is 1. The van der Waals surface area contributed by atoms with Crippen LogP contribution in [0.3, 0.4) is 0 Å². The molecule has 0 spiro atoms. The second kappa shape index (κ2) is 8.89. The van der Waals surface area contributed by atoms with Crippen LogP contribution in [0, 0.1) is 11.6 Å². The van der Waals surface area contributed by atoms with Crippen molar-refractivity contribution in [2.24, 2.45) is 0 Å². The van der Waals surface area contributed by atoms with Crippen LogP contribution >= 0.6 is 0 Å². The van der Waals surface area contributed by atoms with Crippen LogP contribution in [0.15, 0.2) is 53.3 Å². The zero-order chi connectivity index (χ0) is 23.6. The van der Waals surface area contributed by atoms with Crippen LogP contribution in [-0.2, 0) is 16.6 Å². The standard InChI is InChI=1S/C23H22F2N6O2/c1-23(2,3)18-12-19(31(30-18)22-26-9-4-10-27-22)29-20(32)7-8-21-28-13-17(33-21)15-6-5-14(24)11-16(15)25/h4-6,9-13H,7-8H2,1-3H3,(H,29,32). The van der Waals surface area contributed by atoms with Crippen molar-refractivity contribution in [1.82, 2.24) is 24.7 Å². The fourth-order valence-corrected chi connectivity index (χ4v) is 3.06. The molecule has 0 unspecified atom stereocenters. The van der Waals surface area contributed by atoms with E-state index >= 15 is 0 Å². The highest BCUT2D eigenvalue weighted by Gasteiger charge is 2.22. The molecule has 8 nitrogen and oxygen atoms in total. The Bertz CT molecular complexity index is 1280. The molecule has 0 aliphatic carbocycles. The fourth-order valence-electron chi connectivity index (χ4n) is 3.06. The number of benzene rings is 1. The highest BCUT2D eigenvalue weighted by atomic mass is 19.1. The molecule has 4 rings (SSSR count). The monoisotopic (exact) mass is 452 g/mol. The number of aromatic nitrogens is 5. The Balaban J connectivity index is 1.46. The maximum absolute atomic E-state index is 14.0. The molecule has 3 aromatic heterocycles. The molecule has 1 amide bonds. The van der Waals surface area contributed by atoms with Crippen LogP contribution in [0.25, 0.3) is 17.3 Å². The molecule has 0 radical (unpaired) electrons. The molecule has 33 heavy (non-hydrogen) atoms. The van der Waals surface area contributed by atoms with E-state index in [1.807, 2.05) is 20.8 Å². The first-order valence-corrected chi connectivity index (χ1v) is 10.3. The van der Waals surface area contributed by atoms with E-state index in [0.717, 1.165) is 17.8 Å². The van der Waals surface area contributed by atoms with Gasteiger partial charge in [-0.3, -0.25) is 4.79 Å². The zero-order valence-electron chi connectivity index (χ0n) is 18.3. The highest BCUT2D eigenvalue weighted by Crippen LogP contribution is 2.26. The lowest BCUT2D eigenvalue weighted by Crippen LogP contribution is -2.16. The molecule has 170 valence electrons. The first kappa shape index (κ1) is 22.3. The van der Waals surface area contributed by atoms with Crippen molar-refractivity contribution in [3.05, 3.63) is 72.1 Å². The summed E-state index contributed by atoms with van der Waals surface area (Å²) in [5, 5.41) is 7.39. The van der Waals surface area contributed by atoms with E-state index in [0.29, 0.717) is 11.8 Å². The van der Waals surface area contributed by atoms with Crippen LogP contribution in [0.2, 0.25) is 0 Å². The molecule has 1 aromatic carbocycles. The minimum Gasteiger partial charge on any atom is -0.441 e. The minimum atomic E-state index is -0.749. The van der Waals surface area contributed by atoms with Crippen LogP contribution in [0.4, 0.5) is 14.6 Å². The quantitative estimate of drug-likeness (QED) is 0.464. The first-order chi connectivity index (χ1) is 15.7. The van der Waals surface area contributed by atoms with Gasteiger partial charge in [-0.25, -0.2) is 23.7 Å². The zero-order valence-corrected chi connectivity index (χ0v) is 18.3. The second-order valence-corrected chi connectivity index (χ2v) is 8.42. The number of halogens is 2. The Labute approximate surface area is 188 Å². The van der Waals surface area contributed by atoms with Crippen LogP contribution in [0.1, 0.15) is 38.8 Å². The van der Waals surface area contributed by atoms with Crippen LogP contribution in [-0.4, -0.2) is 30.6 Å². The summed E-state index contributed by atoms with van der Waals surface area (Å²) in [4.78, 5) is 25.1. The molecule has 0 bridgehead atoms. The van der Waals surface area contributed by atoms with Gasteiger partial charge in [-0.2, -0.15) is 9.78 Å². The fraction of sp³-hybridized carbons (Fsp3) is 0.261. The van der Waals surface area contributed by atoms with E-state index < -0.39 is 11.6 Å². The van der Waals surface area contributed by atoms with E-state index in [1.54, 1.807) is 24.5 Å². The summed E-state index contributed by atoms with van der Waals surface area (Å²) in [6, 6.07) is 6.67. The molecule has 0 aliphatic rings. The Kier molecular flexibility index (Phi) is 5.99. The van der Waals surface area contributed by atoms with E-state index in [1.165, 1.54) is 16.9 Å². The summed E-state index contributed by atoms with van der Waals surface area (Å²) in [5.74, 6) is -0.514. The minimum absolute atomic E-state index is 0.0670.